The van der Waals surface area contributed by atoms with Gasteiger partial charge in [0.2, 0.25) is 5.91 Å². The molecule has 2 fully saturated rings. The molecule has 1 aliphatic heterocycles. The Bertz CT molecular complexity index is 419. The van der Waals surface area contributed by atoms with Gasteiger partial charge in [-0.2, -0.15) is 0 Å². The molecule has 1 aromatic carbocycles. The van der Waals surface area contributed by atoms with Crippen LogP contribution in [0.3, 0.4) is 0 Å². The van der Waals surface area contributed by atoms with E-state index in [4.69, 9.17) is 4.74 Å². The van der Waals surface area contributed by atoms with Crippen LogP contribution in [-0.4, -0.2) is 25.2 Å². The van der Waals surface area contributed by atoms with Crippen LogP contribution < -0.4 is 5.32 Å². The Morgan fingerprint density at radius 2 is 2.11 bits per heavy atom. The Kier molecular flexibility index (Phi) is 3.08. The van der Waals surface area contributed by atoms with Crippen molar-refractivity contribution in [1.82, 2.24) is 5.32 Å². The third kappa shape index (κ3) is 2.15. The van der Waals surface area contributed by atoms with E-state index in [9.17, 15) is 4.79 Å². The summed E-state index contributed by atoms with van der Waals surface area (Å²) in [5, 5.41) is 3.06. The van der Waals surface area contributed by atoms with Crippen LogP contribution in [-0.2, 0) is 14.9 Å². The Morgan fingerprint density at radius 1 is 1.33 bits per heavy atom. The molecule has 0 radical (unpaired) electrons. The average molecular weight is 245 g/mol. The quantitative estimate of drug-likeness (QED) is 0.881. The molecule has 0 unspecified atom stereocenters. The number of rotatable bonds is 4. The van der Waals surface area contributed by atoms with E-state index in [0.29, 0.717) is 6.54 Å². The number of hydrogen-bond donors (Lipinski definition) is 1. The molecule has 3 heteroatoms. The molecule has 96 valence electrons. The van der Waals surface area contributed by atoms with Gasteiger partial charge in [0, 0.05) is 13.2 Å². The van der Waals surface area contributed by atoms with Gasteiger partial charge >= 0.3 is 0 Å². The third-order valence-electron chi connectivity index (χ3n) is 4.03. The summed E-state index contributed by atoms with van der Waals surface area (Å²) in [6.07, 6.45) is 4.34. The lowest BCUT2D eigenvalue weighted by Crippen LogP contribution is -2.39. The average Bonchev–Trinajstić information content (AvgIpc) is 3.07. The zero-order valence-corrected chi connectivity index (χ0v) is 10.5. The van der Waals surface area contributed by atoms with Gasteiger partial charge < -0.3 is 10.1 Å². The summed E-state index contributed by atoms with van der Waals surface area (Å²) < 4.78 is 5.53. The number of benzene rings is 1. The van der Waals surface area contributed by atoms with E-state index in [0.717, 1.165) is 37.9 Å². The van der Waals surface area contributed by atoms with E-state index in [1.807, 2.05) is 18.2 Å². The van der Waals surface area contributed by atoms with Crippen LogP contribution in [0.2, 0.25) is 0 Å². The first-order valence-corrected chi connectivity index (χ1v) is 6.77. The van der Waals surface area contributed by atoms with E-state index in [1.54, 1.807) is 0 Å². The fourth-order valence-electron chi connectivity index (χ4n) is 2.71. The first-order valence-electron chi connectivity index (χ1n) is 6.77. The van der Waals surface area contributed by atoms with Crippen molar-refractivity contribution >= 4 is 5.91 Å². The molecule has 18 heavy (non-hydrogen) atoms. The summed E-state index contributed by atoms with van der Waals surface area (Å²) in [6.45, 7) is 1.50. The Morgan fingerprint density at radius 3 is 2.72 bits per heavy atom. The predicted molar refractivity (Wildman–Crippen MR) is 69.3 cm³/mol. The molecule has 1 aromatic rings. The highest BCUT2D eigenvalue weighted by molar-refractivity contribution is 5.91. The van der Waals surface area contributed by atoms with Crippen molar-refractivity contribution in [3.8, 4) is 0 Å². The number of carbonyl (C=O) groups excluding carboxylic acids is 1. The van der Waals surface area contributed by atoms with Gasteiger partial charge in [-0.15, -0.1) is 0 Å². The van der Waals surface area contributed by atoms with Gasteiger partial charge in [-0.05, 0) is 31.2 Å². The van der Waals surface area contributed by atoms with Gasteiger partial charge in [0.05, 0.1) is 11.5 Å². The van der Waals surface area contributed by atoms with Crippen LogP contribution in [0.15, 0.2) is 30.3 Å². The smallest absolute Gasteiger partial charge is 0.230 e. The molecule has 1 aliphatic carbocycles. The molecule has 1 atom stereocenters. The number of amides is 1. The van der Waals surface area contributed by atoms with Crippen molar-refractivity contribution in [2.75, 3.05) is 13.2 Å². The molecule has 2 aliphatic rings. The Balaban J connectivity index is 1.62. The van der Waals surface area contributed by atoms with Crippen LogP contribution in [0, 0.1) is 0 Å². The highest BCUT2D eigenvalue weighted by Gasteiger charge is 2.51. The molecule has 1 amide bonds. The molecule has 0 spiro atoms. The number of hydrogen-bond acceptors (Lipinski definition) is 2. The van der Waals surface area contributed by atoms with Crippen LogP contribution in [0.4, 0.5) is 0 Å². The van der Waals surface area contributed by atoms with Crippen molar-refractivity contribution in [1.29, 1.82) is 0 Å². The lowest BCUT2D eigenvalue weighted by atomic mass is 9.95. The molecule has 1 N–H and O–H groups in total. The molecule has 3 rings (SSSR count). The highest BCUT2D eigenvalue weighted by Crippen LogP contribution is 2.48. The van der Waals surface area contributed by atoms with E-state index in [1.165, 1.54) is 0 Å². The normalized spacial score (nSPS) is 24.8. The Hall–Kier alpha value is -1.35. The van der Waals surface area contributed by atoms with E-state index in [-0.39, 0.29) is 17.4 Å². The fourth-order valence-corrected chi connectivity index (χ4v) is 2.71. The number of nitrogens with one attached hydrogen (secondary N) is 1. The van der Waals surface area contributed by atoms with Gasteiger partial charge in [-0.25, -0.2) is 0 Å². The van der Waals surface area contributed by atoms with Crippen molar-refractivity contribution in [2.24, 2.45) is 0 Å². The molecule has 1 heterocycles. The zero-order valence-electron chi connectivity index (χ0n) is 10.5. The maximum absolute atomic E-state index is 12.3. The van der Waals surface area contributed by atoms with Crippen molar-refractivity contribution in [3.63, 3.8) is 0 Å². The number of carbonyl (C=O) groups is 1. The summed E-state index contributed by atoms with van der Waals surface area (Å²) in [5.41, 5.74) is 0.898. The standard InChI is InChI=1S/C15H19NO2/c17-14(16-11-13-7-4-10-18-13)15(8-9-15)12-5-2-1-3-6-12/h1-3,5-6,13H,4,7-11H2,(H,16,17)/t13-/m1/s1. The molecular formula is C15H19NO2. The SMILES string of the molecule is O=C(NC[C@H]1CCCO1)C1(c2ccccc2)CC1. The molecule has 1 saturated carbocycles. The molecule has 1 saturated heterocycles. The highest BCUT2D eigenvalue weighted by atomic mass is 16.5. The minimum Gasteiger partial charge on any atom is -0.376 e. The largest absolute Gasteiger partial charge is 0.376 e. The maximum Gasteiger partial charge on any atom is 0.230 e. The second-order valence-corrected chi connectivity index (χ2v) is 5.29. The minimum atomic E-state index is -0.250. The van der Waals surface area contributed by atoms with Crippen molar-refractivity contribution in [2.45, 2.75) is 37.2 Å². The number of ether oxygens (including phenoxy) is 1. The van der Waals surface area contributed by atoms with Crippen LogP contribution >= 0.6 is 0 Å². The summed E-state index contributed by atoms with van der Waals surface area (Å²) in [5.74, 6) is 0.171. The Labute approximate surface area is 108 Å². The topological polar surface area (TPSA) is 38.3 Å². The molecule has 3 nitrogen and oxygen atoms in total. The van der Waals surface area contributed by atoms with Gasteiger partial charge in [0.25, 0.3) is 0 Å². The minimum absolute atomic E-state index is 0.171. The van der Waals surface area contributed by atoms with Crippen molar-refractivity contribution in [3.05, 3.63) is 35.9 Å². The second-order valence-electron chi connectivity index (χ2n) is 5.29. The van der Waals surface area contributed by atoms with Gasteiger partial charge in [-0.3, -0.25) is 4.79 Å². The van der Waals surface area contributed by atoms with Crippen LogP contribution in [0.1, 0.15) is 31.2 Å². The van der Waals surface area contributed by atoms with Crippen LogP contribution in [0.5, 0.6) is 0 Å². The monoisotopic (exact) mass is 245 g/mol. The first kappa shape index (κ1) is 11.7. The molecule has 0 bridgehead atoms. The summed E-state index contributed by atoms with van der Waals surface area (Å²) in [7, 11) is 0. The zero-order chi connectivity index (χ0) is 12.4. The van der Waals surface area contributed by atoms with E-state index in [2.05, 4.69) is 17.4 Å². The lowest BCUT2D eigenvalue weighted by Gasteiger charge is -2.17. The van der Waals surface area contributed by atoms with E-state index >= 15 is 0 Å². The fraction of sp³-hybridized carbons (Fsp3) is 0.533. The first-order chi connectivity index (χ1) is 8.81. The predicted octanol–water partition coefficient (Wildman–Crippen LogP) is 2.01. The van der Waals surface area contributed by atoms with Gasteiger partial charge in [0.1, 0.15) is 0 Å². The van der Waals surface area contributed by atoms with E-state index < -0.39 is 0 Å². The molecule has 0 aromatic heterocycles. The second kappa shape index (κ2) is 4.73. The maximum atomic E-state index is 12.3. The lowest BCUT2D eigenvalue weighted by molar-refractivity contribution is -0.124. The van der Waals surface area contributed by atoms with Gasteiger partial charge in [0.15, 0.2) is 0 Å². The summed E-state index contributed by atoms with van der Waals surface area (Å²) >= 11 is 0. The summed E-state index contributed by atoms with van der Waals surface area (Å²) in [4.78, 5) is 12.3. The third-order valence-corrected chi connectivity index (χ3v) is 4.03. The summed E-state index contributed by atoms with van der Waals surface area (Å²) in [6, 6.07) is 10.1. The van der Waals surface area contributed by atoms with Crippen LogP contribution in [0.25, 0.3) is 0 Å². The van der Waals surface area contributed by atoms with Gasteiger partial charge in [-0.1, -0.05) is 30.3 Å². The van der Waals surface area contributed by atoms with Crippen molar-refractivity contribution < 1.29 is 9.53 Å². The molecular weight excluding hydrogens is 226 g/mol.